The number of ether oxygens (including phenoxy) is 1. The van der Waals surface area contributed by atoms with Crippen molar-refractivity contribution in [3.8, 4) is 5.88 Å². The number of pyridine rings is 1. The Hall–Kier alpha value is -1.83. The summed E-state index contributed by atoms with van der Waals surface area (Å²) < 4.78 is 5.12. The largest absolute Gasteiger partial charge is 0.481 e. The molecule has 0 saturated heterocycles. The molecule has 0 radical (unpaired) electrons. The van der Waals surface area contributed by atoms with E-state index < -0.39 is 0 Å². The topological polar surface area (TPSA) is 58.5 Å². The lowest BCUT2D eigenvalue weighted by molar-refractivity contribution is 0.397. The molecule has 0 spiro atoms. The molecule has 0 unspecified atom stereocenters. The van der Waals surface area contributed by atoms with Gasteiger partial charge in [0, 0.05) is 32.4 Å². The molecule has 0 aliphatic rings. The Bertz CT molecular complexity index is 646. The molecule has 0 atom stereocenters. The Labute approximate surface area is 154 Å². The fourth-order valence-corrected chi connectivity index (χ4v) is 2.07. The summed E-state index contributed by atoms with van der Waals surface area (Å²) in [6.45, 7) is 3.51. The second-order valence-corrected chi connectivity index (χ2v) is 4.91. The fourth-order valence-electron chi connectivity index (χ4n) is 2.07. The van der Waals surface area contributed by atoms with E-state index in [9.17, 15) is 0 Å². The summed E-state index contributed by atoms with van der Waals surface area (Å²) >= 11 is 0. The Morgan fingerprint density at radius 2 is 1.91 bits per heavy atom. The molecule has 6 heteroatoms. The molecule has 2 aromatic rings. The van der Waals surface area contributed by atoms with E-state index in [1.165, 1.54) is 11.1 Å². The molecule has 0 aliphatic carbocycles. The summed E-state index contributed by atoms with van der Waals surface area (Å²) in [6.07, 6.45) is 1.74. The van der Waals surface area contributed by atoms with Crippen molar-refractivity contribution in [2.24, 2.45) is 4.99 Å². The van der Waals surface area contributed by atoms with Crippen LogP contribution in [0.1, 0.15) is 16.7 Å². The van der Waals surface area contributed by atoms with Crippen LogP contribution in [0.15, 0.2) is 47.6 Å². The molecule has 1 aromatic heterocycles. The van der Waals surface area contributed by atoms with Gasteiger partial charge >= 0.3 is 0 Å². The van der Waals surface area contributed by atoms with Gasteiger partial charge in [0.15, 0.2) is 5.96 Å². The van der Waals surface area contributed by atoms with E-state index in [1.54, 1.807) is 20.4 Å². The number of rotatable bonds is 5. The minimum atomic E-state index is 0. The van der Waals surface area contributed by atoms with E-state index in [4.69, 9.17) is 4.74 Å². The SMILES string of the molecule is CN=C(NCc1ccnc(OC)c1)NCc1ccccc1C.I. The molecule has 2 rings (SSSR count). The lowest BCUT2D eigenvalue weighted by Crippen LogP contribution is -2.36. The quantitative estimate of drug-likeness (QED) is 0.439. The number of methoxy groups -OCH3 is 1. The molecule has 0 aliphatic heterocycles. The predicted molar refractivity (Wildman–Crippen MR) is 104 cm³/mol. The number of benzene rings is 1. The third kappa shape index (κ3) is 6.05. The normalized spacial score (nSPS) is 10.7. The number of nitrogens with zero attached hydrogens (tertiary/aromatic N) is 2. The van der Waals surface area contributed by atoms with Gasteiger partial charge in [-0.1, -0.05) is 24.3 Å². The second-order valence-electron chi connectivity index (χ2n) is 4.91. The molecular weight excluding hydrogens is 403 g/mol. The lowest BCUT2D eigenvalue weighted by Gasteiger charge is -2.13. The molecule has 0 bridgehead atoms. The minimum Gasteiger partial charge on any atom is -0.481 e. The van der Waals surface area contributed by atoms with Crippen molar-refractivity contribution in [2.45, 2.75) is 20.0 Å². The van der Waals surface area contributed by atoms with E-state index in [2.05, 4.69) is 39.7 Å². The molecule has 0 saturated carbocycles. The first-order chi connectivity index (χ1) is 10.7. The van der Waals surface area contributed by atoms with Gasteiger partial charge in [-0.05, 0) is 29.7 Å². The number of aryl methyl sites for hydroxylation is 1. The van der Waals surface area contributed by atoms with Gasteiger partial charge in [0.05, 0.1) is 7.11 Å². The van der Waals surface area contributed by atoms with Crippen LogP contribution < -0.4 is 15.4 Å². The average Bonchev–Trinajstić information content (AvgIpc) is 2.56. The maximum absolute atomic E-state index is 5.12. The first-order valence-electron chi connectivity index (χ1n) is 7.21. The van der Waals surface area contributed by atoms with Gasteiger partial charge in [-0.15, -0.1) is 24.0 Å². The van der Waals surface area contributed by atoms with Crippen molar-refractivity contribution in [1.29, 1.82) is 0 Å². The summed E-state index contributed by atoms with van der Waals surface area (Å²) in [5, 5.41) is 6.60. The monoisotopic (exact) mass is 426 g/mol. The highest BCUT2D eigenvalue weighted by Gasteiger charge is 2.02. The number of nitrogens with one attached hydrogen (secondary N) is 2. The zero-order valence-corrected chi connectivity index (χ0v) is 16.0. The molecule has 23 heavy (non-hydrogen) atoms. The van der Waals surface area contributed by atoms with Crippen molar-refractivity contribution in [3.63, 3.8) is 0 Å². The molecule has 2 N–H and O–H groups in total. The first-order valence-corrected chi connectivity index (χ1v) is 7.21. The molecular formula is C17H23IN4O. The highest BCUT2D eigenvalue weighted by Crippen LogP contribution is 2.08. The van der Waals surface area contributed by atoms with Crippen molar-refractivity contribution < 1.29 is 4.74 Å². The van der Waals surface area contributed by atoms with Gasteiger partial charge < -0.3 is 15.4 Å². The maximum Gasteiger partial charge on any atom is 0.213 e. The van der Waals surface area contributed by atoms with Crippen molar-refractivity contribution in [3.05, 3.63) is 59.3 Å². The second kappa shape index (κ2) is 10.0. The van der Waals surface area contributed by atoms with Crippen LogP contribution in [0.2, 0.25) is 0 Å². The van der Waals surface area contributed by atoms with E-state index in [-0.39, 0.29) is 24.0 Å². The Morgan fingerprint density at radius 3 is 2.61 bits per heavy atom. The Balaban J connectivity index is 0.00000264. The van der Waals surface area contributed by atoms with Gasteiger partial charge in [-0.3, -0.25) is 4.99 Å². The van der Waals surface area contributed by atoms with Crippen LogP contribution in [0.3, 0.4) is 0 Å². The predicted octanol–water partition coefficient (Wildman–Crippen LogP) is 2.88. The van der Waals surface area contributed by atoms with Crippen LogP contribution >= 0.6 is 24.0 Å². The van der Waals surface area contributed by atoms with Crippen LogP contribution in [-0.2, 0) is 13.1 Å². The summed E-state index contributed by atoms with van der Waals surface area (Å²) in [5.41, 5.74) is 3.62. The van der Waals surface area contributed by atoms with Gasteiger partial charge in [-0.25, -0.2) is 4.98 Å². The number of hydrogen-bond donors (Lipinski definition) is 2. The van der Waals surface area contributed by atoms with Crippen LogP contribution in [0, 0.1) is 6.92 Å². The third-order valence-electron chi connectivity index (χ3n) is 3.40. The molecule has 1 aromatic carbocycles. The average molecular weight is 426 g/mol. The van der Waals surface area contributed by atoms with Gasteiger partial charge in [0.25, 0.3) is 0 Å². The number of aliphatic imine (C=N–C) groups is 1. The van der Waals surface area contributed by atoms with E-state index in [1.807, 2.05) is 24.3 Å². The number of hydrogen-bond acceptors (Lipinski definition) is 3. The van der Waals surface area contributed by atoms with E-state index in [0.29, 0.717) is 12.4 Å². The first kappa shape index (κ1) is 19.2. The van der Waals surface area contributed by atoms with E-state index >= 15 is 0 Å². The van der Waals surface area contributed by atoms with Crippen molar-refractivity contribution in [2.75, 3.05) is 14.2 Å². The summed E-state index contributed by atoms with van der Waals surface area (Å²) in [4.78, 5) is 8.33. The highest BCUT2D eigenvalue weighted by molar-refractivity contribution is 14.0. The van der Waals surface area contributed by atoms with Crippen LogP contribution in [0.5, 0.6) is 5.88 Å². The van der Waals surface area contributed by atoms with Gasteiger partial charge in [0.2, 0.25) is 5.88 Å². The highest BCUT2D eigenvalue weighted by atomic mass is 127. The maximum atomic E-state index is 5.12. The van der Waals surface area contributed by atoms with Crippen LogP contribution in [0.25, 0.3) is 0 Å². The van der Waals surface area contributed by atoms with Crippen LogP contribution in [0.4, 0.5) is 0 Å². The van der Waals surface area contributed by atoms with Gasteiger partial charge in [0.1, 0.15) is 0 Å². The van der Waals surface area contributed by atoms with E-state index in [0.717, 1.165) is 18.1 Å². The number of halogens is 1. The van der Waals surface area contributed by atoms with Crippen molar-refractivity contribution in [1.82, 2.24) is 15.6 Å². The smallest absolute Gasteiger partial charge is 0.213 e. The third-order valence-corrected chi connectivity index (χ3v) is 3.40. The fraction of sp³-hybridized carbons (Fsp3) is 0.294. The Morgan fingerprint density at radius 1 is 1.17 bits per heavy atom. The molecule has 0 fully saturated rings. The standard InChI is InChI=1S/C17H22N4O.HI/c1-13-6-4-5-7-15(13)12-21-17(18-2)20-11-14-8-9-19-16(10-14)22-3;/h4-10H,11-12H2,1-3H3,(H2,18,20,21);1H. The number of guanidine groups is 1. The molecule has 124 valence electrons. The Kier molecular flexibility index (Phi) is 8.39. The summed E-state index contributed by atoms with van der Waals surface area (Å²) in [6, 6.07) is 12.2. The lowest BCUT2D eigenvalue weighted by atomic mass is 10.1. The molecule has 5 nitrogen and oxygen atoms in total. The van der Waals surface area contributed by atoms with Gasteiger partial charge in [-0.2, -0.15) is 0 Å². The minimum absolute atomic E-state index is 0. The zero-order valence-electron chi connectivity index (χ0n) is 13.7. The van der Waals surface area contributed by atoms with Crippen molar-refractivity contribution >= 4 is 29.9 Å². The zero-order chi connectivity index (χ0) is 15.8. The number of aromatic nitrogens is 1. The summed E-state index contributed by atoms with van der Waals surface area (Å²) in [5.74, 6) is 1.38. The van der Waals surface area contributed by atoms with Crippen LogP contribution in [-0.4, -0.2) is 25.1 Å². The molecule has 1 heterocycles. The summed E-state index contributed by atoms with van der Waals surface area (Å²) in [7, 11) is 3.38. The molecule has 0 amide bonds.